The molecule has 0 saturated carbocycles. The molecule has 0 aliphatic carbocycles. The monoisotopic (exact) mass is 213 g/mol. The molecule has 4 nitrogen and oxygen atoms in total. The van der Waals surface area contributed by atoms with Gasteiger partial charge in [-0.05, 0) is 18.8 Å². The smallest absolute Gasteiger partial charge is 0.308 e. The first-order chi connectivity index (χ1) is 7.00. The summed E-state index contributed by atoms with van der Waals surface area (Å²) in [6.07, 6.45) is 2.08. The standard InChI is InChI=1S/C11H19NO3/c1-8(2)6-9(11(14)15)7-12-5-3-4-10(12)13/h8-9H,3-7H2,1-2H3,(H,14,15). The van der Waals surface area contributed by atoms with Crippen LogP contribution in [-0.4, -0.2) is 35.0 Å². The van der Waals surface area contributed by atoms with Crippen molar-refractivity contribution in [1.82, 2.24) is 4.90 Å². The van der Waals surface area contributed by atoms with Gasteiger partial charge in [0.25, 0.3) is 0 Å². The van der Waals surface area contributed by atoms with Crippen LogP contribution in [0.3, 0.4) is 0 Å². The molecule has 0 radical (unpaired) electrons. The summed E-state index contributed by atoms with van der Waals surface area (Å²) in [6.45, 7) is 5.11. The Hall–Kier alpha value is -1.06. The maximum Gasteiger partial charge on any atom is 0.308 e. The fourth-order valence-corrected chi connectivity index (χ4v) is 1.99. The summed E-state index contributed by atoms with van der Waals surface area (Å²) in [5, 5.41) is 9.03. The Kier molecular flexibility index (Phi) is 4.12. The molecule has 1 heterocycles. The zero-order valence-corrected chi connectivity index (χ0v) is 9.40. The Morgan fingerprint density at radius 2 is 2.20 bits per heavy atom. The number of nitrogens with zero attached hydrogens (tertiary/aromatic N) is 1. The molecule has 1 amide bonds. The summed E-state index contributed by atoms with van der Waals surface area (Å²) in [6, 6.07) is 0. The van der Waals surface area contributed by atoms with Gasteiger partial charge >= 0.3 is 5.97 Å². The van der Waals surface area contributed by atoms with E-state index in [-0.39, 0.29) is 5.91 Å². The summed E-state index contributed by atoms with van der Waals surface area (Å²) >= 11 is 0. The topological polar surface area (TPSA) is 57.6 Å². The van der Waals surface area contributed by atoms with Crippen LogP contribution in [-0.2, 0) is 9.59 Å². The first kappa shape index (κ1) is 12.0. The van der Waals surface area contributed by atoms with Crippen molar-refractivity contribution in [3.63, 3.8) is 0 Å². The second-order valence-corrected chi connectivity index (χ2v) is 4.61. The summed E-state index contributed by atoms with van der Waals surface area (Å²) < 4.78 is 0. The van der Waals surface area contributed by atoms with Crippen molar-refractivity contribution in [3.05, 3.63) is 0 Å². The zero-order valence-electron chi connectivity index (χ0n) is 9.40. The molecule has 1 aliphatic heterocycles. The van der Waals surface area contributed by atoms with E-state index in [1.807, 2.05) is 13.8 Å². The quantitative estimate of drug-likeness (QED) is 0.750. The number of amides is 1. The highest BCUT2D eigenvalue weighted by Crippen LogP contribution is 2.17. The maximum atomic E-state index is 11.4. The van der Waals surface area contributed by atoms with E-state index in [0.717, 1.165) is 13.0 Å². The second-order valence-electron chi connectivity index (χ2n) is 4.61. The van der Waals surface area contributed by atoms with Gasteiger partial charge in [-0.1, -0.05) is 13.8 Å². The molecule has 1 unspecified atom stereocenters. The van der Waals surface area contributed by atoms with Crippen LogP contribution in [0.15, 0.2) is 0 Å². The fraction of sp³-hybridized carbons (Fsp3) is 0.818. The minimum Gasteiger partial charge on any atom is -0.481 e. The minimum absolute atomic E-state index is 0.102. The molecule has 0 aromatic heterocycles. The lowest BCUT2D eigenvalue weighted by Gasteiger charge is -2.21. The van der Waals surface area contributed by atoms with E-state index in [4.69, 9.17) is 5.11 Å². The van der Waals surface area contributed by atoms with Gasteiger partial charge in [-0.3, -0.25) is 9.59 Å². The highest BCUT2D eigenvalue weighted by Gasteiger charge is 2.27. The zero-order chi connectivity index (χ0) is 11.4. The normalized spacial score (nSPS) is 18.6. The van der Waals surface area contributed by atoms with E-state index in [2.05, 4.69) is 0 Å². The molecule has 1 rings (SSSR count). The third kappa shape index (κ3) is 3.53. The molecule has 1 N–H and O–H groups in total. The largest absolute Gasteiger partial charge is 0.481 e. The molecule has 4 heteroatoms. The van der Waals surface area contributed by atoms with Crippen molar-refractivity contribution >= 4 is 11.9 Å². The number of carbonyl (C=O) groups is 2. The molecule has 1 aliphatic rings. The molecule has 1 saturated heterocycles. The van der Waals surface area contributed by atoms with Crippen LogP contribution >= 0.6 is 0 Å². The predicted molar refractivity (Wildman–Crippen MR) is 56.4 cm³/mol. The third-order valence-corrected chi connectivity index (χ3v) is 2.72. The van der Waals surface area contributed by atoms with Crippen LogP contribution in [0, 0.1) is 11.8 Å². The first-order valence-electron chi connectivity index (χ1n) is 5.51. The average Bonchev–Trinajstić information content (AvgIpc) is 2.50. The Morgan fingerprint density at radius 1 is 1.53 bits per heavy atom. The Morgan fingerprint density at radius 3 is 2.60 bits per heavy atom. The number of rotatable bonds is 5. The molecular weight excluding hydrogens is 194 g/mol. The number of carbonyl (C=O) groups excluding carboxylic acids is 1. The van der Waals surface area contributed by atoms with Gasteiger partial charge in [0, 0.05) is 19.5 Å². The average molecular weight is 213 g/mol. The van der Waals surface area contributed by atoms with Gasteiger partial charge < -0.3 is 10.0 Å². The van der Waals surface area contributed by atoms with E-state index in [0.29, 0.717) is 25.3 Å². The molecule has 1 atom stereocenters. The number of carboxylic acids is 1. The lowest BCUT2D eigenvalue weighted by Crippen LogP contribution is -2.34. The number of likely N-dealkylation sites (tertiary alicyclic amines) is 1. The highest BCUT2D eigenvalue weighted by atomic mass is 16.4. The molecule has 15 heavy (non-hydrogen) atoms. The molecule has 0 bridgehead atoms. The van der Waals surface area contributed by atoms with E-state index >= 15 is 0 Å². The summed E-state index contributed by atoms with van der Waals surface area (Å²) in [5.74, 6) is -0.746. The lowest BCUT2D eigenvalue weighted by molar-refractivity contribution is -0.143. The van der Waals surface area contributed by atoms with Gasteiger partial charge in [-0.2, -0.15) is 0 Å². The Bertz CT molecular complexity index is 250. The van der Waals surface area contributed by atoms with Crippen LogP contribution in [0.4, 0.5) is 0 Å². The van der Waals surface area contributed by atoms with Crippen molar-refractivity contribution in [3.8, 4) is 0 Å². The van der Waals surface area contributed by atoms with Gasteiger partial charge in [0.15, 0.2) is 0 Å². The molecule has 0 aromatic rings. The van der Waals surface area contributed by atoms with E-state index < -0.39 is 11.9 Å². The van der Waals surface area contributed by atoms with E-state index in [1.54, 1.807) is 4.90 Å². The van der Waals surface area contributed by atoms with Crippen LogP contribution < -0.4 is 0 Å². The Labute approximate surface area is 90.3 Å². The maximum absolute atomic E-state index is 11.4. The Balaban J connectivity index is 2.50. The first-order valence-corrected chi connectivity index (χ1v) is 5.51. The van der Waals surface area contributed by atoms with Gasteiger partial charge in [0.05, 0.1) is 5.92 Å². The van der Waals surface area contributed by atoms with E-state index in [9.17, 15) is 9.59 Å². The van der Waals surface area contributed by atoms with Crippen LogP contribution in [0.5, 0.6) is 0 Å². The van der Waals surface area contributed by atoms with Crippen molar-refractivity contribution < 1.29 is 14.7 Å². The number of hydrogen-bond acceptors (Lipinski definition) is 2. The predicted octanol–water partition coefficient (Wildman–Crippen LogP) is 1.36. The highest BCUT2D eigenvalue weighted by molar-refractivity contribution is 5.79. The number of carboxylic acid groups (broad SMARTS) is 1. The summed E-state index contributed by atoms with van der Waals surface area (Å²) in [7, 11) is 0. The van der Waals surface area contributed by atoms with Crippen molar-refractivity contribution in [2.24, 2.45) is 11.8 Å². The molecule has 86 valence electrons. The van der Waals surface area contributed by atoms with E-state index in [1.165, 1.54) is 0 Å². The SMILES string of the molecule is CC(C)CC(CN1CCCC1=O)C(=O)O. The summed E-state index contributed by atoms with van der Waals surface area (Å²) in [5.41, 5.74) is 0. The summed E-state index contributed by atoms with van der Waals surface area (Å²) in [4.78, 5) is 24.0. The van der Waals surface area contributed by atoms with Crippen LogP contribution in [0.25, 0.3) is 0 Å². The van der Waals surface area contributed by atoms with Crippen molar-refractivity contribution in [1.29, 1.82) is 0 Å². The van der Waals surface area contributed by atoms with Crippen LogP contribution in [0.1, 0.15) is 33.1 Å². The molecule has 0 spiro atoms. The second kappa shape index (κ2) is 5.14. The number of aliphatic carboxylic acids is 1. The van der Waals surface area contributed by atoms with Gasteiger partial charge in [0.2, 0.25) is 5.91 Å². The number of hydrogen-bond donors (Lipinski definition) is 1. The minimum atomic E-state index is -0.789. The third-order valence-electron chi connectivity index (χ3n) is 2.72. The molecule has 1 fully saturated rings. The van der Waals surface area contributed by atoms with Gasteiger partial charge in [-0.15, -0.1) is 0 Å². The fourth-order valence-electron chi connectivity index (χ4n) is 1.99. The van der Waals surface area contributed by atoms with Crippen LogP contribution in [0.2, 0.25) is 0 Å². The van der Waals surface area contributed by atoms with Gasteiger partial charge in [0.1, 0.15) is 0 Å². The lowest BCUT2D eigenvalue weighted by atomic mass is 9.97. The van der Waals surface area contributed by atoms with Crippen molar-refractivity contribution in [2.75, 3.05) is 13.1 Å². The molecular formula is C11H19NO3. The van der Waals surface area contributed by atoms with Gasteiger partial charge in [-0.25, -0.2) is 0 Å². The molecule has 0 aromatic carbocycles. The van der Waals surface area contributed by atoms with Crippen molar-refractivity contribution in [2.45, 2.75) is 33.1 Å².